The van der Waals surface area contributed by atoms with Gasteiger partial charge in [-0.2, -0.15) is 0 Å². The molecular weight excluding hydrogens is 571 g/mol. The van der Waals surface area contributed by atoms with Crippen molar-refractivity contribution in [1.82, 2.24) is 19.9 Å². The van der Waals surface area contributed by atoms with E-state index in [1.165, 1.54) is 32.3 Å². The molecule has 0 amide bonds. The van der Waals surface area contributed by atoms with Gasteiger partial charge in [0.1, 0.15) is 0 Å². The largest absolute Gasteiger partial charge is 0.355 e. The Balaban J connectivity index is 0.00000278. The summed E-state index contributed by atoms with van der Waals surface area (Å²) in [5.41, 5.74) is 9.92. The van der Waals surface area contributed by atoms with Gasteiger partial charge in [0.2, 0.25) is 0 Å². The van der Waals surface area contributed by atoms with Crippen LogP contribution < -0.4 is 0 Å². The minimum Gasteiger partial charge on any atom is -0.355 e. The zero-order chi connectivity index (χ0) is 27.6. The first-order chi connectivity index (χ1) is 20.7. The van der Waals surface area contributed by atoms with Gasteiger partial charge in [-0.1, -0.05) is 54.6 Å². The molecule has 3 aromatic heterocycles. The molecule has 205 valence electrons. The van der Waals surface area contributed by atoms with E-state index in [1.807, 2.05) is 6.08 Å². The molecular formula is C38H24CoN4. The maximum Gasteiger partial charge on any atom is 0.0737 e. The monoisotopic (exact) mass is 595 g/mol. The smallest absolute Gasteiger partial charge is 0.0737 e. The molecule has 0 saturated heterocycles. The summed E-state index contributed by atoms with van der Waals surface area (Å²) in [5, 5.41) is 7.38. The first-order valence-corrected chi connectivity index (χ1v) is 14.2. The topological polar surface area (TPSA) is 57.4 Å². The third kappa shape index (κ3) is 4.38. The van der Waals surface area contributed by atoms with Gasteiger partial charge in [0.25, 0.3) is 0 Å². The van der Waals surface area contributed by atoms with Crippen LogP contribution >= 0.6 is 0 Å². The third-order valence-corrected chi connectivity index (χ3v) is 8.22. The zero-order valence-corrected chi connectivity index (χ0v) is 24.0. The predicted molar refractivity (Wildman–Crippen MR) is 177 cm³/mol. The molecule has 2 N–H and O–H groups in total. The number of nitrogens with one attached hydrogen (secondary N) is 2. The van der Waals surface area contributed by atoms with E-state index < -0.39 is 0 Å². The molecule has 5 heteroatoms. The van der Waals surface area contributed by atoms with Crippen LogP contribution in [0.1, 0.15) is 22.8 Å². The van der Waals surface area contributed by atoms with Crippen LogP contribution in [0.25, 0.3) is 89.8 Å². The van der Waals surface area contributed by atoms with Crippen LogP contribution in [0, 0.1) is 0 Å². The molecule has 0 saturated carbocycles. The average molecular weight is 596 g/mol. The molecule has 43 heavy (non-hydrogen) atoms. The van der Waals surface area contributed by atoms with Crippen molar-refractivity contribution in [2.45, 2.75) is 0 Å². The fourth-order valence-corrected chi connectivity index (χ4v) is 6.30. The minimum atomic E-state index is 0. The van der Waals surface area contributed by atoms with Crippen molar-refractivity contribution >= 4 is 78.7 Å². The number of fused-ring (bicyclic) bond motifs is 12. The van der Waals surface area contributed by atoms with E-state index in [4.69, 9.17) is 9.97 Å². The van der Waals surface area contributed by atoms with Crippen molar-refractivity contribution in [2.24, 2.45) is 0 Å². The second kappa shape index (κ2) is 9.95. The number of rotatable bonds is 1. The molecule has 2 aliphatic rings. The van der Waals surface area contributed by atoms with Crippen molar-refractivity contribution in [2.75, 3.05) is 0 Å². The predicted octanol–water partition coefficient (Wildman–Crippen LogP) is 9.78. The second-order valence-corrected chi connectivity index (χ2v) is 10.9. The number of aromatic amines is 2. The van der Waals surface area contributed by atoms with Crippen LogP contribution in [0.2, 0.25) is 0 Å². The average Bonchev–Trinajstić information content (AvgIpc) is 3.83. The number of benzene rings is 4. The summed E-state index contributed by atoms with van der Waals surface area (Å²) in [6.07, 6.45) is 8.32. The normalized spacial score (nSPS) is 12.3. The maximum absolute atomic E-state index is 5.15. The fourth-order valence-electron chi connectivity index (χ4n) is 6.30. The summed E-state index contributed by atoms with van der Waals surface area (Å²) in [6, 6.07) is 38.9. The van der Waals surface area contributed by atoms with E-state index in [1.54, 1.807) is 0 Å². The maximum atomic E-state index is 5.15. The van der Waals surface area contributed by atoms with Crippen molar-refractivity contribution in [3.8, 4) is 11.1 Å². The molecule has 0 aliphatic carbocycles. The summed E-state index contributed by atoms with van der Waals surface area (Å²) in [4.78, 5) is 17.1. The van der Waals surface area contributed by atoms with E-state index >= 15 is 0 Å². The molecule has 7 aromatic rings. The Morgan fingerprint density at radius 1 is 0.465 bits per heavy atom. The Bertz CT molecular complexity index is 2480. The van der Waals surface area contributed by atoms with E-state index in [2.05, 4.69) is 137 Å². The summed E-state index contributed by atoms with van der Waals surface area (Å²) < 4.78 is 0. The third-order valence-electron chi connectivity index (χ3n) is 8.22. The molecule has 4 aromatic carbocycles. The molecule has 0 spiro atoms. The van der Waals surface area contributed by atoms with Gasteiger partial charge in [0, 0.05) is 44.4 Å². The number of aromatic nitrogens is 4. The Hall–Kier alpha value is -5.23. The van der Waals surface area contributed by atoms with Crippen LogP contribution in [0.15, 0.2) is 109 Å². The van der Waals surface area contributed by atoms with Crippen LogP contribution in [0.5, 0.6) is 0 Å². The SMILES string of the molecule is C1=Cc2cc3ccc([nH]3)c(-c3cccc4ccc5cc6ccccc6cc5c34)c3nc(cc4ccc(cc1n2)[nH]4)C=C3.[Co]. The Morgan fingerprint density at radius 2 is 1.09 bits per heavy atom. The molecule has 8 bridgehead atoms. The molecule has 2 aliphatic heterocycles. The Kier molecular flexibility index (Phi) is 5.89. The molecule has 1 radical (unpaired) electrons. The molecule has 0 atom stereocenters. The summed E-state index contributed by atoms with van der Waals surface area (Å²) >= 11 is 0. The van der Waals surface area contributed by atoms with E-state index in [0.29, 0.717) is 0 Å². The van der Waals surface area contributed by atoms with Gasteiger partial charge in [0.15, 0.2) is 0 Å². The summed E-state index contributed by atoms with van der Waals surface area (Å²) in [5.74, 6) is 0. The first kappa shape index (κ1) is 25.5. The first-order valence-electron chi connectivity index (χ1n) is 14.2. The van der Waals surface area contributed by atoms with E-state index in [-0.39, 0.29) is 16.8 Å². The fraction of sp³-hybridized carbons (Fsp3) is 0. The number of hydrogen-bond acceptors (Lipinski definition) is 2. The van der Waals surface area contributed by atoms with Crippen molar-refractivity contribution in [3.63, 3.8) is 0 Å². The molecule has 5 heterocycles. The summed E-state index contributed by atoms with van der Waals surface area (Å²) in [6.45, 7) is 0. The molecule has 0 unspecified atom stereocenters. The Morgan fingerprint density at radius 3 is 1.88 bits per heavy atom. The van der Waals surface area contributed by atoms with E-state index in [0.717, 1.165) is 56.0 Å². The van der Waals surface area contributed by atoms with Gasteiger partial charge in [-0.05, 0) is 117 Å². The zero-order valence-electron chi connectivity index (χ0n) is 22.9. The quantitative estimate of drug-likeness (QED) is 0.147. The van der Waals surface area contributed by atoms with Gasteiger partial charge in [0.05, 0.1) is 22.8 Å². The van der Waals surface area contributed by atoms with Gasteiger partial charge in [-0.3, -0.25) is 0 Å². The van der Waals surface area contributed by atoms with Crippen molar-refractivity contribution < 1.29 is 16.8 Å². The summed E-state index contributed by atoms with van der Waals surface area (Å²) in [7, 11) is 0. The number of hydrogen-bond donors (Lipinski definition) is 2. The van der Waals surface area contributed by atoms with Gasteiger partial charge >= 0.3 is 0 Å². The van der Waals surface area contributed by atoms with Crippen LogP contribution in [0.4, 0.5) is 0 Å². The van der Waals surface area contributed by atoms with Crippen LogP contribution in [-0.2, 0) is 16.8 Å². The van der Waals surface area contributed by atoms with Gasteiger partial charge < -0.3 is 9.97 Å². The Labute approximate surface area is 257 Å². The number of nitrogens with zero attached hydrogens (tertiary/aromatic N) is 2. The molecule has 0 fully saturated rings. The minimum absolute atomic E-state index is 0. The van der Waals surface area contributed by atoms with Gasteiger partial charge in [-0.15, -0.1) is 0 Å². The van der Waals surface area contributed by atoms with Crippen molar-refractivity contribution in [1.29, 1.82) is 0 Å². The van der Waals surface area contributed by atoms with Gasteiger partial charge in [-0.25, -0.2) is 9.97 Å². The van der Waals surface area contributed by atoms with Crippen LogP contribution in [0.3, 0.4) is 0 Å². The number of H-pyrrole nitrogens is 2. The second-order valence-electron chi connectivity index (χ2n) is 10.9. The van der Waals surface area contributed by atoms with Crippen LogP contribution in [-0.4, -0.2) is 19.9 Å². The molecule has 4 nitrogen and oxygen atoms in total. The van der Waals surface area contributed by atoms with E-state index in [9.17, 15) is 0 Å². The standard InChI is InChI=1S/C38H24N4.Co/c1-2-5-25-19-34-26(18-24(25)4-1)9-8-23-6-3-7-33(37(23)34)38-35-16-14-31(41-35)21-29-12-10-27(39-29)20-28-11-13-30(40-28)22-32-15-17-36(38)42-32;/h1-22,39,42H;. The molecule has 9 rings (SSSR count). The van der Waals surface area contributed by atoms with Crippen molar-refractivity contribution in [3.05, 3.63) is 132 Å².